The predicted molar refractivity (Wildman–Crippen MR) is 73.4 cm³/mol. The Bertz CT molecular complexity index is 470. The maximum Gasteiger partial charge on any atom is 0.323 e. The highest BCUT2D eigenvalue weighted by Gasteiger charge is 2.36. The summed E-state index contributed by atoms with van der Waals surface area (Å²) in [5, 5.41) is 10.5. The van der Waals surface area contributed by atoms with E-state index < -0.39 is 0 Å². The molecule has 1 unspecified atom stereocenters. The van der Waals surface area contributed by atoms with E-state index in [-0.39, 0.29) is 17.9 Å². The third-order valence-corrected chi connectivity index (χ3v) is 3.33. The minimum absolute atomic E-state index is 0.227. The van der Waals surface area contributed by atoms with Crippen molar-refractivity contribution in [1.82, 2.24) is 10.2 Å². The van der Waals surface area contributed by atoms with Crippen molar-refractivity contribution in [2.75, 3.05) is 20.3 Å². The number of carbonyl (C=O) groups excluding carboxylic acids is 1. The van der Waals surface area contributed by atoms with Crippen LogP contribution in [-0.2, 0) is 11.2 Å². The van der Waals surface area contributed by atoms with Crippen LogP contribution in [0.3, 0.4) is 0 Å². The molecule has 0 radical (unpaired) electrons. The number of ether oxygens (including phenoxy) is 1. The van der Waals surface area contributed by atoms with Crippen LogP contribution in [-0.4, -0.2) is 37.0 Å². The lowest BCUT2D eigenvalue weighted by Gasteiger charge is -2.22. The fourth-order valence-electron chi connectivity index (χ4n) is 2.23. The monoisotopic (exact) mass is 261 g/mol. The highest BCUT2D eigenvalue weighted by atomic mass is 16.5. The van der Waals surface area contributed by atoms with Gasteiger partial charge in [-0.2, -0.15) is 0 Å². The number of hydrogen-bond donors (Lipinski definition) is 2. The van der Waals surface area contributed by atoms with Gasteiger partial charge in [-0.1, -0.05) is 31.2 Å². The number of benzene rings is 1. The number of aryl methyl sites for hydroxylation is 1. The first kappa shape index (κ1) is 13.5. The van der Waals surface area contributed by atoms with Gasteiger partial charge < -0.3 is 9.64 Å². The zero-order chi connectivity index (χ0) is 13.8. The van der Waals surface area contributed by atoms with Crippen molar-refractivity contribution in [3.05, 3.63) is 35.4 Å². The Morgan fingerprint density at radius 1 is 1.37 bits per heavy atom. The topological polar surface area (TPSA) is 65.4 Å². The lowest BCUT2D eigenvalue weighted by atomic mass is 10.0. The van der Waals surface area contributed by atoms with Crippen molar-refractivity contribution >= 4 is 11.9 Å². The van der Waals surface area contributed by atoms with Gasteiger partial charge in [-0.15, -0.1) is 0 Å². The SMILES string of the molecule is CCc1ccc(C2C(=N)NC(=O)N2CCOC)cc1. The van der Waals surface area contributed by atoms with E-state index in [0.717, 1.165) is 12.0 Å². The molecule has 0 saturated carbocycles. The summed E-state index contributed by atoms with van der Waals surface area (Å²) in [5.74, 6) is 0.227. The van der Waals surface area contributed by atoms with Crippen LogP contribution in [0.4, 0.5) is 4.79 Å². The number of rotatable bonds is 5. The Labute approximate surface area is 113 Å². The average Bonchev–Trinajstić information content (AvgIpc) is 2.71. The van der Waals surface area contributed by atoms with Crippen molar-refractivity contribution in [1.29, 1.82) is 5.41 Å². The first-order chi connectivity index (χ1) is 9.17. The molecule has 1 atom stereocenters. The van der Waals surface area contributed by atoms with Gasteiger partial charge in [-0.25, -0.2) is 4.79 Å². The molecule has 1 fully saturated rings. The van der Waals surface area contributed by atoms with Crippen LogP contribution in [0.25, 0.3) is 0 Å². The van der Waals surface area contributed by atoms with Gasteiger partial charge in [-0.05, 0) is 17.5 Å². The van der Waals surface area contributed by atoms with Gasteiger partial charge >= 0.3 is 6.03 Å². The van der Waals surface area contributed by atoms with Gasteiger partial charge in [0.15, 0.2) is 0 Å². The largest absolute Gasteiger partial charge is 0.383 e. The van der Waals surface area contributed by atoms with Gasteiger partial charge in [0.1, 0.15) is 11.9 Å². The second kappa shape index (κ2) is 5.84. The van der Waals surface area contributed by atoms with Crippen LogP contribution in [0, 0.1) is 5.41 Å². The molecular weight excluding hydrogens is 242 g/mol. The molecule has 1 aromatic carbocycles. The van der Waals surface area contributed by atoms with Crippen LogP contribution in [0.5, 0.6) is 0 Å². The number of hydrogen-bond acceptors (Lipinski definition) is 3. The molecule has 1 heterocycles. The quantitative estimate of drug-likeness (QED) is 0.850. The van der Waals surface area contributed by atoms with E-state index in [1.54, 1.807) is 12.0 Å². The number of urea groups is 1. The lowest BCUT2D eigenvalue weighted by molar-refractivity contribution is 0.151. The van der Waals surface area contributed by atoms with E-state index in [1.165, 1.54) is 5.56 Å². The van der Waals surface area contributed by atoms with Gasteiger partial charge in [0, 0.05) is 13.7 Å². The molecule has 2 N–H and O–H groups in total. The molecule has 0 aliphatic carbocycles. The summed E-state index contributed by atoms with van der Waals surface area (Å²) < 4.78 is 5.02. The standard InChI is InChI=1S/C14H19N3O2/c1-3-10-4-6-11(7-5-10)12-13(15)16-14(18)17(12)8-9-19-2/h4-7,12H,3,8-9H2,1-2H3,(H2,15,16,18). The van der Waals surface area contributed by atoms with E-state index in [4.69, 9.17) is 10.1 Å². The Morgan fingerprint density at radius 3 is 2.63 bits per heavy atom. The van der Waals surface area contributed by atoms with Crippen molar-refractivity contribution in [2.45, 2.75) is 19.4 Å². The normalized spacial score (nSPS) is 18.8. The molecule has 5 heteroatoms. The summed E-state index contributed by atoms with van der Waals surface area (Å²) in [5.41, 5.74) is 2.20. The summed E-state index contributed by atoms with van der Waals surface area (Å²) in [4.78, 5) is 13.4. The Hall–Kier alpha value is -1.88. The number of carbonyl (C=O) groups is 1. The highest BCUT2D eigenvalue weighted by Crippen LogP contribution is 2.26. The number of amidine groups is 1. The summed E-state index contributed by atoms with van der Waals surface area (Å²) >= 11 is 0. The fraction of sp³-hybridized carbons (Fsp3) is 0.429. The molecule has 0 bridgehead atoms. The van der Waals surface area contributed by atoms with Crippen molar-refractivity contribution in [3.63, 3.8) is 0 Å². The molecule has 1 saturated heterocycles. The first-order valence-electron chi connectivity index (χ1n) is 6.41. The van der Waals surface area contributed by atoms with E-state index in [9.17, 15) is 4.79 Å². The molecule has 5 nitrogen and oxygen atoms in total. The van der Waals surface area contributed by atoms with Crippen LogP contribution in [0.1, 0.15) is 24.1 Å². The third kappa shape index (κ3) is 2.76. The summed E-state index contributed by atoms with van der Waals surface area (Å²) in [6.45, 7) is 3.04. The number of amides is 2. The van der Waals surface area contributed by atoms with E-state index in [0.29, 0.717) is 13.2 Å². The molecular formula is C14H19N3O2. The minimum atomic E-state index is -0.325. The molecule has 2 amide bonds. The lowest BCUT2D eigenvalue weighted by Crippen LogP contribution is -2.32. The molecule has 0 aromatic heterocycles. The second-order valence-corrected chi connectivity index (χ2v) is 4.53. The van der Waals surface area contributed by atoms with Crippen molar-refractivity contribution in [3.8, 4) is 0 Å². The molecule has 1 aliphatic rings. The van der Waals surface area contributed by atoms with E-state index in [1.807, 2.05) is 24.3 Å². The molecule has 1 aliphatic heterocycles. The van der Waals surface area contributed by atoms with Crippen molar-refractivity contribution < 1.29 is 9.53 Å². The predicted octanol–water partition coefficient (Wildman–Crippen LogP) is 1.94. The molecule has 2 rings (SSSR count). The first-order valence-corrected chi connectivity index (χ1v) is 6.41. The molecule has 102 valence electrons. The Morgan fingerprint density at radius 2 is 2.05 bits per heavy atom. The van der Waals surface area contributed by atoms with E-state index >= 15 is 0 Å². The molecule has 1 aromatic rings. The smallest absolute Gasteiger partial charge is 0.323 e. The van der Waals surface area contributed by atoms with E-state index in [2.05, 4.69) is 12.2 Å². The molecule has 0 spiro atoms. The third-order valence-electron chi connectivity index (χ3n) is 3.33. The van der Waals surface area contributed by atoms with Crippen LogP contribution in [0.2, 0.25) is 0 Å². The molecule has 19 heavy (non-hydrogen) atoms. The average molecular weight is 261 g/mol. The van der Waals surface area contributed by atoms with Crippen LogP contribution >= 0.6 is 0 Å². The number of nitrogens with zero attached hydrogens (tertiary/aromatic N) is 1. The van der Waals surface area contributed by atoms with Gasteiger partial charge in [0.2, 0.25) is 0 Å². The fourth-order valence-corrected chi connectivity index (χ4v) is 2.23. The van der Waals surface area contributed by atoms with Gasteiger partial charge in [0.05, 0.1) is 6.61 Å². The van der Waals surface area contributed by atoms with Gasteiger partial charge in [0.25, 0.3) is 0 Å². The summed E-state index contributed by atoms with van der Waals surface area (Å²) in [6, 6.07) is 7.50. The summed E-state index contributed by atoms with van der Waals surface area (Å²) in [6.07, 6.45) is 0.979. The Balaban J connectivity index is 2.23. The van der Waals surface area contributed by atoms with Gasteiger partial charge in [-0.3, -0.25) is 10.7 Å². The zero-order valence-corrected chi connectivity index (χ0v) is 11.3. The number of nitrogens with one attached hydrogen (secondary N) is 2. The second-order valence-electron chi connectivity index (χ2n) is 4.53. The Kier molecular flexibility index (Phi) is 4.16. The van der Waals surface area contributed by atoms with Crippen LogP contribution < -0.4 is 5.32 Å². The van der Waals surface area contributed by atoms with Crippen molar-refractivity contribution in [2.24, 2.45) is 0 Å². The minimum Gasteiger partial charge on any atom is -0.383 e. The zero-order valence-electron chi connectivity index (χ0n) is 11.3. The summed E-state index contributed by atoms with van der Waals surface area (Å²) in [7, 11) is 1.60. The van der Waals surface area contributed by atoms with Crippen LogP contribution in [0.15, 0.2) is 24.3 Å². The highest BCUT2D eigenvalue weighted by molar-refractivity contribution is 6.06. The number of methoxy groups -OCH3 is 1. The maximum atomic E-state index is 11.8. The maximum absolute atomic E-state index is 11.8.